The first-order chi connectivity index (χ1) is 18.9. The number of hydrogen-bond acceptors (Lipinski definition) is 8. The molecule has 0 spiro atoms. The number of ether oxygens (including phenoxy) is 4. The smallest absolute Gasteiger partial charge is 0.226 e. The normalized spacial score (nSPS) is 29.5. The third-order valence-corrected chi connectivity index (χ3v) is 8.92. The maximum atomic E-state index is 13.0. The minimum absolute atomic E-state index is 0.173. The molecule has 3 aliphatic rings. The minimum atomic E-state index is -1.85. The van der Waals surface area contributed by atoms with Crippen molar-refractivity contribution in [2.24, 2.45) is 5.92 Å². The van der Waals surface area contributed by atoms with Crippen molar-refractivity contribution < 1.29 is 29.2 Å². The molecule has 0 amide bonds. The van der Waals surface area contributed by atoms with Crippen molar-refractivity contribution in [3.05, 3.63) is 82.9 Å². The number of aliphatic hydroxyl groups excluding tert-OH is 1. The van der Waals surface area contributed by atoms with Gasteiger partial charge < -0.3 is 34.1 Å². The Morgan fingerprint density at radius 2 is 1.74 bits per heavy atom. The van der Waals surface area contributed by atoms with Crippen molar-refractivity contribution in [2.45, 2.75) is 36.1 Å². The molecule has 8 nitrogen and oxygen atoms in total. The lowest BCUT2D eigenvalue weighted by molar-refractivity contribution is -0.152. The number of hydrogen-bond donors (Lipinski definition) is 2. The van der Waals surface area contributed by atoms with Crippen molar-refractivity contribution in [3.63, 3.8) is 0 Å². The Kier molecular flexibility index (Phi) is 6.54. The van der Waals surface area contributed by atoms with Gasteiger partial charge >= 0.3 is 0 Å². The van der Waals surface area contributed by atoms with Crippen LogP contribution in [0, 0.1) is 5.92 Å². The zero-order valence-electron chi connectivity index (χ0n) is 22.8. The Bertz CT molecular complexity index is 1330. The molecule has 1 saturated heterocycles. The van der Waals surface area contributed by atoms with Crippen LogP contribution in [-0.2, 0) is 15.9 Å². The second-order valence-electron chi connectivity index (χ2n) is 10.9. The van der Waals surface area contributed by atoms with E-state index in [1.54, 1.807) is 6.07 Å². The summed E-state index contributed by atoms with van der Waals surface area (Å²) in [7, 11) is 5.05. The average molecular weight is 533 g/mol. The number of nitrogens with zero attached hydrogens (tertiary/aromatic N) is 2. The van der Waals surface area contributed by atoms with E-state index in [-0.39, 0.29) is 11.8 Å². The fourth-order valence-electron chi connectivity index (χ4n) is 6.79. The average Bonchev–Trinajstić information content (AvgIpc) is 3.30. The topological polar surface area (TPSA) is 93.5 Å². The van der Waals surface area contributed by atoms with E-state index in [9.17, 15) is 10.2 Å². The van der Waals surface area contributed by atoms with Crippen molar-refractivity contribution in [1.29, 1.82) is 0 Å². The molecule has 2 fully saturated rings. The first-order valence-electron chi connectivity index (χ1n) is 13.5. The largest absolute Gasteiger partial charge is 0.481 e. The monoisotopic (exact) mass is 532 g/mol. The van der Waals surface area contributed by atoms with Crippen LogP contribution >= 0.6 is 0 Å². The van der Waals surface area contributed by atoms with Crippen LogP contribution < -0.4 is 14.2 Å². The number of fused-ring (bicyclic) bond motifs is 3. The molecule has 1 aliphatic carbocycles. The highest BCUT2D eigenvalue weighted by Crippen LogP contribution is 2.70. The number of aromatic nitrogens is 1. The predicted octanol–water partition coefficient (Wildman–Crippen LogP) is 3.41. The molecule has 2 aromatic carbocycles. The van der Waals surface area contributed by atoms with Crippen molar-refractivity contribution in [2.75, 3.05) is 47.6 Å². The van der Waals surface area contributed by atoms with Gasteiger partial charge in [-0.15, -0.1) is 0 Å². The quantitative estimate of drug-likeness (QED) is 0.456. The predicted molar refractivity (Wildman–Crippen MR) is 145 cm³/mol. The summed E-state index contributed by atoms with van der Waals surface area (Å²) in [6.07, 6.45) is -1.18. The lowest BCUT2D eigenvalue weighted by atomic mass is 9.70. The van der Waals surface area contributed by atoms with E-state index in [4.69, 9.17) is 18.9 Å². The summed E-state index contributed by atoms with van der Waals surface area (Å²) >= 11 is 0. The van der Waals surface area contributed by atoms with E-state index < -0.39 is 23.2 Å². The standard InChI is InChI=1S/C31H36N2O6/c1-5-33(2)16-23-26(20-9-7-6-8-10-20)31(22-13-11-19(12-14-22)21-17-38-18-21)30(35,28(23)34)27-24(39-31)15-25(36-3)32-29(27)37-4/h6-15,21,23,26,28,34-35H,5,16-18H2,1-4H3/t23-,26-,28-,30+,31+/m1/s1. The number of benzene rings is 2. The molecule has 8 heteroatoms. The molecule has 6 rings (SSSR count). The van der Waals surface area contributed by atoms with Gasteiger partial charge in [0.05, 0.1) is 39.1 Å². The highest BCUT2D eigenvalue weighted by molar-refractivity contribution is 5.60. The van der Waals surface area contributed by atoms with E-state index >= 15 is 0 Å². The molecule has 206 valence electrons. The third-order valence-electron chi connectivity index (χ3n) is 8.92. The summed E-state index contributed by atoms with van der Waals surface area (Å²) in [5.74, 6) is 0.469. The van der Waals surface area contributed by atoms with Gasteiger partial charge in [0.1, 0.15) is 5.75 Å². The number of pyridine rings is 1. The van der Waals surface area contributed by atoms with Gasteiger partial charge in [0.2, 0.25) is 11.8 Å². The number of aliphatic hydroxyl groups is 2. The van der Waals surface area contributed by atoms with Gasteiger partial charge in [0, 0.05) is 30.4 Å². The van der Waals surface area contributed by atoms with E-state index in [1.807, 2.05) is 49.5 Å². The summed E-state index contributed by atoms with van der Waals surface area (Å²) in [5, 5.41) is 25.2. The van der Waals surface area contributed by atoms with Crippen LogP contribution in [0.1, 0.15) is 41.0 Å². The number of rotatable bonds is 8. The Labute approximate surface area is 229 Å². The Hall–Kier alpha value is -3.17. The molecule has 1 aromatic heterocycles. The van der Waals surface area contributed by atoms with E-state index in [1.165, 1.54) is 19.8 Å². The molecule has 2 aliphatic heterocycles. The van der Waals surface area contributed by atoms with E-state index in [0.29, 0.717) is 42.9 Å². The zero-order chi connectivity index (χ0) is 27.4. The Morgan fingerprint density at radius 3 is 2.33 bits per heavy atom. The van der Waals surface area contributed by atoms with E-state index in [0.717, 1.165) is 17.7 Å². The molecule has 0 bridgehead atoms. The van der Waals surface area contributed by atoms with Crippen LogP contribution in [-0.4, -0.2) is 73.8 Å². The maximum absolute atomic E-state index is 13.0. The molecule has 0 radical (unpaired) electrons. The summed E-state index contributed by atoms with van der Waals surface area (Å²) in [6.45, 7) is 4.85. The van der Waals surface area contributed by atoms with Crippen LogP contribution in [0.4, 0.5) is 0 Å². The van der Waals surface area contributed by atoms with Gasteiger partial charge in [-0.2, -0.15) is 4.98 Å². The molecule has 3 aromatic rings. The maximum Gasteiger partial charge on any atom is 0.226 e. The SMILES string of the molecule is CCN(C)C[C@H]1[C@@H](O)[C@@]2(O)c3c(cc(OC)nc3OC)O[C@@]2(c2ccc(C3COC3)cc2)[C@@H]1c1ccccc1. The van der Waals surface area contributed by atoms with Gasteiger partial charge in [-0.3, -0.25) is 0 Å². The first-order valence-corrected chi connectivity index (χ1v) is 13.5. The van der Waals surface area contributed by atoms with Gasteiger partial charge in [-0.25, -0.2) is 0 Å². The third kappa shape index (κ3) is 3.69. The molecule has 5 atom stereocenters. The molecule has 2 N–H and O–H groups in total. The highest BCUT2D eigenvalue weighted by Gasteiger charge is 2.77. The van der Waals surface area contributed by atoms with Crippen LogP contribution in [0.2, 0.25) is 0 Å². The van der Waals surface area contributed by atoms with Crippen LogP contribution in [0.3, 0.4) is 0 Å². The molecular weight excluding hydrogens is 496 g/mol. The van der Waals surface area contributed by atoms with Crippen molar-refractivity contribution >= 4 is 0 Å². The van der Waals surface area contributed by atoms with Crippen LogP contribution in [0.25, 0.3) is 0 Å². The summed E-state index contributed by atoms with van der Waals surface area (Å²) in [5.41, 5.74) is 0.0701. The molecule has 1 saturated carbocycles. The summed E-state index contributed by atoms with van der Waals surface area (Å²) in [4.78, 5) is 6.64. The second-order valence-corrected chi connectivity index (χ2v) is 10.9. The lowest BCUT2D eigenvalue weighted by Gasteiger charge is -2.41. The number of methoxy groups -OCH3 is 2. The minimum Gasteiger partial charge on any atom is -0.481 e. The fourth-order valence-corrected chi connectivity index (χ4v) is 6.79. The molecule has 3 heterocycles. The molecular formula is C31H36N2O6. The lowest BCUT2D eigenvalue weighted by Crippen LogP contribution is -2.52. The van der Waals surface area contributed by atoms with Crippen molar-refractivity contribution in [1.82, 2.24) is 9.88 Å². The highest BCUT2D eigenvalue weighted by atomic mass is 16.5. The first kappa shape index (κ1) is 26.1. The van der Waals surface area contributed by atoms with Crippen molar-refractivity contribution in [3.8, 4) is 17.5 Å². The Balaban J connectivity index is 1.62. The van der Waals surface area contributed by atoms with Gasteiger partial charge in [0.15, 0.2) is 11.2 Å². The van der Waals surface area contributed by atoms with Gasteiger partial charge in [-0.1, -0.05) is 61.5 Å². The van der Waals surface area contributed by atoms with Crippen LogP contribution in [0.5, 0.6) is 17.5 Å². The fraction of sp³-hybridized carbons (Fsp3) is 0.452. The van der Waals surface area contributed by atoms with Gasteiger partial charge in [-0.05, 0) is 30.3 Å². The summed E-state index contributed by atoms with van der Waals surface area (Å²) < 4.78 is 23.5. The Morgan fingerprint density at radius 1 is 1.03 bits per heavy atom. The van der Waals surface area contributed by atoms with E-state index in [2.05, 4.69) is 28.9 Å². The van der Waals surface area contributed by atoms with Gasteiger partial charge in [0.25, 0.3) is 0 Å². The second kappa shape index (κ2) is 9.78. The molecule has 39 heavy (non-hydrogen) atoms. The zero-order valence-corrected chi connectivity index (χ0v) is 22.8. The van der Waals surface area contributed by atoms with Crippen LogP contribution in [0.15, 0.2) is 60.7 Å². The molecule has 0 unspecified atom stereocenters. The summed E-state index contributed by atoms with van der Waals surface area (Å²) in [6, 6.07) is 19.9.